The van der Waals surface area contributed by atoms with E-state index in [9.17, 15) is 0 Å². The van der Waals surface area contributed by atoms with Crippen molar-refractivity contribution in [2.24, 2.45) is 0 Å². The summed E-state index contributed by atoms with van der Waals surface area (Å²) in [5.41, 5.74) is 4.09. The maximum Gasteiger partial charge on any atom is 3.00 e. The molecule has 5 heteroatoms. The predicted molar refractivity (Wildman–Crippen MR) is 81.0 cm³/mol. The Hall–Kier alpha value is 0.951. The van der Waals surface area contributed by atoms with E-state index in [1.165, 1.54) is 16.7 Å². The van der Waals surface area contributed by atoms with E-state index in [2.05, 4.69) is 73.0 Å². The van der Waals surface area contributed by atoms with Gasteiger partial charge in [-0.15, -0.1) is 12.5 Å². The van der Waals surface area contributed by atoms with E-state index in [-0.39, 0.29) is 57.6 Å². The number of hydrogen-bond acceptors (Lipinski definition) is 1. The number of nitrogens with one attached hydrogen (secondary N) is 1. The molecule has 0 aromatic carbocycles. The van der Waals surface area contributed by atoms with Gasteiger partial charge in [0.05, 0.1) is 0 Å². The van der Waals surface area contributed by atoms with Crippen LogP contribution in [0.4, 0.5) is 0 Å². The largest absolute Gasteiger partial charge is 3.00 e. The van der Waals surface area contributed by atoms with Crippen LogP contribution in [0.1, 0.15) is 48.5 Å². The monoisotopic (exact) mass is 369 g/mol. The molecule has 0 aromatic heterocycles. The fourth-order valence-corrected chi connectivity index (χ4v) is 2.09. The number of halogens is 2. The van der Waals surface area contributed by atoms with Gasteiger partial charge in [0, 0.05) is 15.1 Å². The third-order valence-electron chi connectivity index (χ3n) is 2.94. The Morgan fingerprint density at radius 3 is 1.60 bits per heavy atom. The predicted octanol–water partition coefficient (Wildman–Crippen LogP) is -2.24. The molecule has 0 heterocycles. The summed E-state index contributed by atoms with van der Waals surface area (Å²) in [6.07, 6.45) is 3.52. The van der Waals surface area contributed by atoms with Gasteiger partial charge in [-0.2, -0.15) is 5.57 Å². The van der Waals surface area contributed by atoms with E-state index < -0.39 is 0 Å². The van der Waals surface area contributed by atoms with Crippen LogP contribution in [0.5, 0.6) is 0 Å². The van der Waals surface area contributed by atoms with Gasteiger partial charge < -0.3 is 30.1 Å². The Balaban J connectivity index is -0.000000196. The summed E-state index contributed by atoms with van der Waals surface area (Å²) >= 11 is 0. The second-order valence-electron chi connectivity index (χ2n) is 6.08. The Morgan fingerprint density at radius 1 is 1.05 bits per heavy atom. The topological polar surface area (TPSA) is 12.0 Å². The van der Waals surface area contributed by atoms with E-state index in [4.69, 9.17) is 0 Å². The summed E-state index contributed by atoms with van der Waals surface area (Å²) < 4.78 is 0. The number of allylic oxidation sites excluding steroid dienone is 2. The molecule has 1 unspecified atom stereocenters. The van der Waals surface area contributed by atoms with Gasteiger partial charge in [-0.1, -0.05) is 33.9 Å². The fraction of sp³-hybridized carbons (Fsp3) is 0.733. The molecule has 116 valence electrons. The zero-order chi connectivity index (χ0) is 13.9. The molecule has 1 N–H and O–H groups in total. The van der Waals surface area contributed by atoms with Crippen molar-refractivity contribution >= 4 is 9.52 Å². The standard InChI is InChI=1S/C13H22N.C2H7Si.2ClH.Ti/c1-9-8-13(7,11(3)10(9)2)14-12(4,5)6;1-3-2;;;/h14H,1-7H3;3H,1-2H3;2*1H;/q-1;;;;+3/p-2. The van der Waals surface area contributed by atoms with Crippen molar-refractivity contribution in [1.82, 2.24) is 5.32 Å². The van der Waals surface area contributed by atoms with E-state index in [0.717, 1.165) is 9.52 Å². The molecule has 1 rings (SSSR count). The Bertz CT molecular complexity index is 335. The van der Waals surface area contributed by atoms with E-state index in [1.807, 2.05) is 0 Å². The second-order valence-corrected chi connectivity index (χ2v) is 7.23. The average molecular weight is 370 g/mol. The van der Waals surface area contributed by atoms with Gasteiger partial charge in [-0.05, 0) is 26.3 Å². The van der Waals surface area contributed by atoms with Crippen molar-refractivity contribution in [2.75, 3.05) is 0 Å². The van der Waals surface area contributed by atoms with E-state index in [1.54, 1.807) is 0 Å². The molecule has 0 spiro atoms. The summed E-state index contributed by atoms with van der Waals surface area (Å²) in [6, 6.07) is 0. The van der Waals surface area contributed by atoms with Crippen LogP contribution in [0, 0.1) is 6.08 Å². The molecule has 1 nitrogen and oxygen atoms in total. The summed E-state index contributed by atoms with van der Waals surface area (Å²) in [4.78, 5) is 0. The zero-order valence-corrected chi connectivity index (χ0v) is 18.6. The van der Waals surface area contributed by atoms with Crippen LogP contribution in [-0.2, 0) is 21.7 Å². The molecule has 0 fully saturated rings. The molecule has 0 amide bonds. The van der Waals surface area contributed by atoms with E-state index in [0.29, 0.717) is 0 Å². The molecule has 2 radical (unpaired) electrons. The summed E-state index contributed by atoms with van der Waals surface area (Å²) in [5, 5.41) is 3.62. The first-order valence-corrected chi connectivity index (χ1v) is 8.71. The first kappa shape index (κ1) is 29.0. The van der Waals surface area contributed by atoms with Crippen molar-refractivity contribution in [3.63, 3.8) is 0 Å². The molecular formula is C15H29Cl2NSiTi. The maximum atomic E-state index is 3.62. The summed E-state index contributed by atoms with van der Waals surface area (Å²) in [6.45, 7) is 19.7. The van der Waals surface area contributed by atoms with Gasteiger partial charge in [0.15, 0.2) is 0 Å². The third kappa shape index (κ3) is 9.07. The Morgan fingerprint density at radius 2 is 1.40 bits per heavy atom. The third-order valence-corrected chi connectivity index (χ3v) is 2.94. The van der Waals surface area contributed by atoms with Crippen molar-refractivity contribution in [3.8, 4) is 0 Å². The quantitative estimate of drug-likeness (QED) is 0.407. The second kappa shape index (κ2) is 11.5. The molecule has 0 saturated heterocycles. The van der Waals surface area contributed by atoms with Crippen LogP contribution < -0.4 is 30.1 Å². The van der Waals surface area contributed by atoms with Crippen molar-refractivity contribution < 1.29 is 46.5 Å². The maximum absolute atomic E-state index is 3.62. The zero-order valence-electron chi connectivity index (χ0n) is 14.3. The molecule has 1 aliphatic carbocycles. The molecule has 0 saturated carbocycles. The fourth-order valence-electron chi connectivity index (χ4n) is 2.09. The molecule has 0 bridgehead atoms. The number of rotatable bonds is 1. The average Bonchev–Trinajstić information content (AvgIpc) is 2.28. The van der Waals surface area contributed by atoms with Crippen molar-refractivity contribution in [3.05, 3.63) is 22.8 Å². The SMILES string of the molecule is CC1=[C-]C(C)(NC(C)(C)C)C(C)=C1C.C[SiH]C.[Cl-].[Cl-].[Ti+3]. The van der Waals surface area contributed by atoms with Gasteiger partial charge in [0.25, 0.3) is 0 Å². The van der Waals surface area contributed by atoms with Crippen LogP contribution in [0.3, 0.4) is 0 Å². The van der Waals surface area contributed by atoms with Crippen molar-refractivity contribution in [2.45, 2.75) is 72.6 Å². The molecule has 0 aliphatic heterocycles. The molecule has 1 aliphatic rings. The van der Waals surface area contributed by atoms with Gasteiger partial charge in [0.2, 0.25) is 0 Å². The minimum absolute atomic E-state index is 0. The smallest absolute Gasteiger partial charge is 1.00 e. The van der Waals surface area contributed by atoms with Crippen LogP contribution in [-0.4, -0.2) is 20.6 Å². The first-order valence-electron chi connectivity index (χ1n) is 6.40. The van der Waals surface area contributed by atoms with Crippen LogP contribution in [0.2, 0.25) is 13.1 Å². The van der Waals surface area contributed by atoms with Crippen molar-refractivity contribution in [1.29, 1.82) is 0 Å². The van der Waals surface area contributed by atoms with Gasteiger partial charge in [-0.3, -0.25) is 0 Å². The Labute approximate surface area is 156 Å². The van der Waals surface area contributed by atoms with Crippen LogP contribution in [0.15, 0.2) is 16.7 Å². The minimum Gasteiger partial charge on any atom is -1.00 e. The van der Waals surface area contributed by atoms with Crippen LogP contribution in [0.25, 0.3) is 0 Å². The summed E-state index contributed by atoms with van der Waals surface area (Å²) in [7, 11) is 0.750. The summed E-state index contributed by atoms with van der Waals surface area (Å²) in [5.74, 6) is 0. The molecular weight excluding hydrogens is 341 g/mol. The van der Waals surface area contributed by atoms with E-state index >= 15 is 0 Å². The molecule has 1 atom stereocenters. The molecule has 0 aromatic rings. The normalized spacial score (nSPS) is 20.8. The van der Waals surface area contributed by atoms with Crippen LogP contribution >= 0.6 is 0 Å². The number of hydrogen-bond donors (Lipinski definition) is 1. The first-order chi connectivity index (χ1) is 7.57. The van der Waals surface area contributed by atoms with Gasteiger partial charge in [0.1, 0.15) is 0 Å². The van der Waals surface area contributed by atoms with Gasteiger partial charge >= 0.3 is 21.7 Å². The Kier molecular flexibility index (Phi) is 16.7. The molecule has 20 heavy (non-hydrogen) atoms. The minimum atomic E-state index is -0.0770. The van der Waals surface area contributed by atoms with Gasteiger partial charge in [-0.25, -0.2) is 11.6 Å².